The third-order valence-corrected chi connectivity index (χ3v) is 3.75. The topological polar surface area (TPSA) is 97.6 Å². The summed E-state index contributed by atoms with van der Waals surface area (Å²) in [5, 5.41) is 11.8. The van der Waals surface area contributed by atoms with Crippen LogP contribution in [0.3, 0.4) is 0 Å². The van der Waals surface area contributed by atoms with E-state index in [1.165, 1.54) is 6.08 Å². The summed E-state index contributed by atoms with van der Waals surface area (Å²) in [6.45, 7) is -0.191. The minimum atomic E-state index is -0.863. The second kappa shape index (κ2) is 10.4. The maximum Gasteiger partial charge on any atom is 0.349 e. The third-order valence-electron chi connectivity index (χ3n) is 3.75. The quantitative estimate of drug-likeness (QED) is 0.429. The van der Waals surface area contributed by atoms with Gasteiger partial charge in [0.2, 0.25) is 0 Å². The van der Waals surface area contributed by atoms with Gasteiger partial charge in [-0.2, -0.15) is 5.26 Å². The van der Waals surface area contributed by atoms with E-state index in [1.807, 2.05) is 12.1 Å². The summed E-state index contributed by atoms with van der Waals surface area (Å²) >= 11 is 0. The normalized spacial score (nSPS) is 10.5. The van der Waals surface area contributed by atoms with Crippen molar-refractivity contribution in [3.8, 4) is 17.6 Å². The van der Waals surface area contributed by atoms with Crippen LogP contribution in [0.25, 0.3) is 6.08 Å². The Bertz CT molecular complexity index is 881. The molecule has 0 heterocycles. The molecule has 0 saturated heterocycles. The number of hydrogen-bond acceptors (Lipinski definition) is 6. The van der Waals surface area contributed by atoms with Crippen molar-refractivity contribution in [1.82, 2.24) is 5.32 Å². The smallest absolute Gasteiger partial charge is 0.349 e. The molecule has 0 unspecified atom stereocenters. The number of esters is 1. The summed E-state index contributed by atoms with van der Waals surface area (Å²) in [5.41, 5.74) is 1.31. The highest BCUT2D eigenvalue weighted by molar-refractivity contribution is 5.98. The number of nitrogens with zero attached hydrogens (tertiary/aromatic N) is 1. The number of methoxy groups -OCH3 is 2. The fraction of sp³-hybridized carbons (Fsp3) is 0.190. The second-order valence-corrected chi connectivity index (χ2v) is 5.64. The Morgan fingerprint density at radius 2 is 1.57 bits per heavy atom. The number of nitrogens with one attached hydrogen (secondary N) is 1. The van der Waals surface area contributed by atoms with Crippen LogP contribution >= 0.6 is 0 Å². The molecule has 2 rings (SSSR count). The van der Waals surface area contributed by atoms with Crippen molar-refractivity contribution in [3.63, 3.8) is 0 Å². The molecule has 0 saturated carbocycles. The lowest BCUT2D eigenvalue weighted by Gasteiger charge is -2.07. The van der Waals surface area contributed by atoms with Gasteiger partial charge in [0.25, 0.3) is 5.91 Å². The molecule has 0 aliphatic carbocycles. The minimum Gasteiger partial charge on any atom is -0.497 e. The van der Waals surface area contributed by atoms with Gasteiger partial charge in [-0.25, -0.2) is 4.79 Å². The fourth-order valence-corrected chi connectivity index (χ4v) is 2.21. The number of amides is 1. The van der Waals surface area contributed by atoms with Gasteiger partial charge in [0.05, 0.1) is 14.2 Å². The lowest BCUT2D eigenvalue weighted by atomic mass is 10.1. The number of ether oxygens (including phenoxy) is 3. The zero-order chi connectivity index (χ0) is 20.4. The molecule has 2 aromatic carbocycles. The molecular weight excluding hydrogens is 360 g/mol. The molecule has 0 bridgehead atoms. The summed E-state index contributed by atoms with van der Waals surface area (Å²) < 4.78 is 15.0. The standard InChI is InChI=1S/C21H20N2O5/c1-26-18-7-3-15(4-8-18)11-17(12-22)21(25)28-14-20(24)23-13-16-5-9-19(27-2)10-6-16/h3-11H,13-14H2,1-2H3,(H,23,24)/b17-11+. The first-order chi connectivity index (χ1) is 13.5. The predicted molar refractivity (Wildman–Crippen MR) is 102 cm³/mol. The van der Waals surface area contributed by atoms with E-state index in [9.17, 15) is 9.59 Å². The number of benzene rings is 2. The average molecular weight is 380 g/mol. The van der Waals surface area contributed by atoms with E-state index < -0.39 is 18.5 Å². The van der Waals surface area contributed by atoms with Gasteiger partial charge in [-0.3, -0.25) is 4.79 Å². The third kappa shape index (κ3) is 6.18. The lowest BCUT2D eigenvalue weighted by Crippen LogP contribution is -2.28. The lowest BCUT2D eigenvalue weighted by molar-refractivity contribution is -0.144. The molecule has 0 fully saturated rings. The molecule has 0 aliphatic rings. The van der Waals surface area contributed by atoms with E-state index in [-0.39, 0.29) is 12.1 Å². The molecule has 2 aromatic rings. The first-order valence-electron chi connectivity index (χ1n) is 8.38. The van der Waals surface area contributed by atoms with Gasteiger partial charge in [0, 0.05) is 6.54 Å². The maximum absolute atomic E-state index is 12.0. The van der Waals surface area contributed by atoms with Crippen LogP contribution in [-0.2, 0) is 20.9 Å². The average Bonchev–Trinajstić information content (AvgIpc) is 2.75. The van der Waals surface area contributed by atoms with Gasteiger partial charge >= 0.3 is 5.97 Å². The van der Waals surface area contributed by atoms with Crippen LogP contribution in [0.5, 0.6) is 11.5 Å². The van der Waals surface area contributed by atoms with E-state index in [0.29, 0.717) is 11.3 Å². The van der Waals surface area contributed by atoms with Crippen molar-refractivity contribution in [2.75, 3.05) is 20.8 Å². The Labute approximate surface area is 163 Å². The molecule has 28 heavy (non-hydrogen) atoms. The second-order valence-electron chi connectivity index (χ2n) is 5.64. The molecule has 1 N–H and O–H groups in total. The van der Waals surface area contributed by atoms with Crippen molar-refractivity contribution < 1.29 is 23.8 Å². The maximum atomic E-state index is 12.0. The molecule has 0 spiro atoms. The van der Waals surface area contributed by atoms with Crippen molar-refractivity contribution in [2.45, 2.75) is 6.54 Å². The number of rotatable bonds is 8. The summed E-state index contributed by atoms with van der Waals surface area (Å²) in [6.07, 6.45) is 1.39. The largest absolute Gasteiger partial charge is 0.497 e. The molecule has 1 amide bonds. The molecule has 7 nitrogen and oxygen atoms in total. The highest BCUT2D eigenvalue weighted by Crippen LogP contribution is 2.14. The van der Waals surface area contributed by atoms with Crippen LogP contribution in [0, 0.1) is 11.3 Å². The first-order valence-corrected chi connectivity index (χ1v) is 8.38. The van der Waals surface area contributed by atoms with Gasteiger partial charge in [-0.1, -0.05) is 24.3 Å². The molecule has 0 aromatic heterocycles. The predicted octanol–water partition coefficient (Wildman–Crippen LogP) is 2.47. The van der Waals surface area contributed by atoms with Crippen molar-refractivity contribution >= 4 is 18.0 Å². The van der Waals surface area contributed by atoms with E-state index in [4.69, 9.17) is 19.5 Å². The number of carbonyl (C=O) groups is 2. The van der Waals surface area contributed by atoms with Gasteiger partial charge in [0.15, 0.2) is 6.61 Å². The molecular formula is C21H20N2O5. The summed E-state index contributed by atoms with van der Waals surface area (Å²) in [7, 11) is 3.12. The zero-order valence-corrected chi connectivity index (χ0v) is 15.6. The van der Waals surface area contributed by atoms with E-state index in [2.05, 4.69) is 5.32 Å². The number of carbonyl (C=O) groups excluding carboxylic acids is 2. The van der Waals surface area contributed by atoms with E-state index >= 15 is 0 Å². The summed E-state index contributed by atoms with van der Waals surface area (Å²) in [6, 6.07) is 15.8. The van der Waals surface area contributed by atoms with Gasteiger partial charge in [-0.15, -0.1) is 0 Å². The van der Waals surface area contributed by atoms with Crippen molar-refractivity contribution in [2.24, 2.45) is 0 Å². The Hall–Kier alpha value is -3.79. The van der Waals surface area contributed by atoms with Crippen LogP contribution in [0.2, 0.25) is 0 Å². The fourth-order valence-electron chi connectivity index (χ4n) is 2.21. The molecule has 0 radical (unpaired) electrons. The number of hydrogen-bond donors (Lipinski definition) is 1. The summed E-state index contributed by atoms with van der Waals surface area (Å²) in [4.78, 5) is 23.9. The Morgan fingerprint density at radius 1 is 1.00 bits per heavy atom. The Morgan fingerprint density at radius 3 is 2.11 bits per heavy atom. The van der Waals surface area contributed by atoms with Gasteiger partial charge < -0.3 is 19.5 Å². The number of nitriles is 1. The van der Waals surface area contributed by atoms with Gasteiger partial charge in [-0.05, 0) is 41.5 Å². The van der Waals surface area contributed by atoms with Crippen LogP contribution in [0.15, 0.2) is 54.1 Å². The molecule has 144 valence electrons. The van der Waals surface area contributed by atoms with E-state index in [0.717, 1.165) is 11.3 Å². The minimum absolute atomic E-state index is 0.201. The van der Waals surface area contributed by atoms with Crippen LogP contribution in [-0.4, -0.2) is 32.7 Å². The van der Waals surface area contributed by atoms with Crippen LogP contribution in [0.1, 0.15) is 11.1 Å². The van der Waals surface area contributed by atoms with Gasteiger partial charge in [0.1, 0.15) is 23.1 Å². The zero-order valence-electron chi connectivity index (χ0n) is 15.6. The highest BCUT2D eigenvalue weighted by Gasteiger charge is 2.13. The van der Waals surface area contributed by atoms with Crippen LogP contribution in [0.4, 0.5) is 0 Å². The summed E-state index contributed by atoms with van der Waals surface area (Å²) in [5.74, 6) is 0.0484. The Balaban J connectivity index is 1.85. The van der Waals surface area contributed by atoms with Crippen LogP contribution < -0.4 is 14.8 Å². The van der Waals surface area contributed by atoms with E-state index in [1.54, 1.807) is 56.7 Å². The molecule has 0 atom stereocenters. The van der Waals surface area contributed by atoms with Crippen molar-refractivity contribution in [3.05, 3.63) is 65.2 Å². The Kier molecular flexibility index (Phi) is 7.61. The van der Waals surface area contributed by atoms with Crippen molar-refractivity contribution in [1.29, 1.82) is 5.26 Å². The monoisotopic (exact) mass is 380 g/mol. The first kappa shape index (κ1) is 20.5. The molecule has 7 heteroatoms. The SMILES string of the molecule is COc1ccc(/C=C(\C#N)C(=O)OCC(=O)NCc2ccc(OC)cc2)cc1. The highest BCUT2D eigenvalue weighted by atomic mass is 16.5. The molecule has 0 aliphatic heterocycles.